The lowest BCUT2D eigenvalue weighted by atomic mass is 9.77. The normalized spacial score (nSPS) is 41.5. The van der Waals surface area contributed by atoms with E-state index in [1.807, 2.05) is 30.7 Å². The third kappa shape index (κ3) is 12.1. The van der Waals surface area contributed by atoms with E-state index in [1.54, 1.807) is 72.7 Å². The van der Waals surface area contributed by atoms with Gasteiger partial charge in [0.1, 0.15) is 30.0 Å². The summed E-state index contributed by atoms with van der Waals surface area (Å²) in [6.45, 7) is 18.4. The van der Waals surface area contributed by atoms with Crippen molar-refractivity contribution in [3.63, 3.8) is 0 Å². The average molecular weight is 960 g/mol. The van der Waals surface area contributed by atoms with Crippen molar-refractivity contribution in [1.29, 1.82) is 0 Å². The number of cyclic esters (lactones) is 1. The number of hydrogen-bond acceptors (Lipinski definition) is 16. The zero-order chi connectivity index (χ0) is 50.6. The second kappa shape index (κ2) is 23.0. The minimum absolute atomic E-state index is 0.0752. The van der Waals surface area contributed by atoms with Gasteiger partial charge in [0.2, 0.25) is 0 Å². The van der Waals surface area contributed by atoms with Crippen molar-refractivity contribution in [2.75, 3.05) is 40.3 Å². The van der Waals surface area contributed by atoms with Gasteiger partial charge in [0, 0.05) is 64.1 Å². The van der Waals surface area contributed by atoms with E-state index >= 15 is 0 Å². The molecule has 0 radical (unpaired) electrons. The highest BCUT2D eigenvalue weighted by atomic mass is 16.7. The fourth-order valence-electron chi connectivity index (χ4n) is 11.1. The van der Waals surface area contributed by atoms with Crippen LogP contribution in [-0.2, 0) is 33.2 Å². The maximum absolute atomic E-state index is 14.6. The summed E-state index contributed by atoms with van der Waals surface area (Å²) < 4.78 is 38.2. The zero-order valence-electron chi connectivity index (χ0n) is 42.4. The molecule has 5 rings (SSSR count). The Balaban J connectivity index is 1.55. The number of hydrogen-bond donors (Lipinski definition) is 5. The van der Waals surface area contributed by atoms with Gasteiger partial charge in [-0.05, 0) is 99.2 Å². The molecule has 17 heteroatoms. The number of ether oxygens (including phenoxy) is 6. The molecule has 4 heterocycles. The van der Waals surface area contributed by atoms with Gasteiger partial charge >= 0.3 is 5.97 Å². The van der Waals surface area contributed by atoms with Gasteiger partial charge in [0.25, 0.3) is 11.8 Å². The first kappa shape index (κ1) is 55.8. The third-order valence-corrected chi connectivity index (χ3v) is 15.3. The quantitative estimate of drug-likeness (QED) is 0.109. The van der Waals surface area contributed by atoms with Crippen LogP contribution >= 0.6 is 0 Å². The van der Waals surface area contributed by atoms with E-state index in [1.165, 1.54) is 18.9 Å². The van der Waals surface area contributed by atoms with Gasteiger partial charge in [-0.2, -0.15) is 0 Å². The summed E-state index contributed by atoms with van der Waals surface area (Å²) >= 11 is 0. The summed E-state index contributed by atoms with van der Waals surface area (Å²) in [4.78, 5) is 46.3. The van der Waals surface area contributed by atoms with E-state index in [2.05, 4.69) is 5.92 Å². The standard InChI is InChI=1S/C51H81N3O14/c1-14-16-22-52(12)37-25-30(4)64-48(40(37)55)68-44-31(5)41(67-39-27-50(10,63-13)43(57)34(8)65-39)32(6)47(60)66-38(15-2)51(11,62)42(56)33(7)53(28-29(3)26-49(44,9)61)23-19-24-54-45(58)35-20-17-18-21-36(35)46(54)59/h1,17-18,20-21,29-34,37-44,48,55-57,61-62H,15-16,19,22-28H2,2-13H3/t29-,30-,31+,32-,33-,34+,37+,38-,39+,40-,41+,42-,43+,44-,48+,49-,50-,51-/m1/s1. The Bertz CT molecular complexity index is 1880. The molecule has 4 aliphatic heterocycles. The Morgan fingerprint density at radius 1 is 0.912 bits per heavy atom. The molecule has 3 fully saturated rings. The summed E-state index contributed by atoms with van der Waals surface area (Å²) in [5.74, 6) is -1.18. The zero-order valence-corrected chi connectivity index (χ0v) is 42.4. The number of fused-ring (bicyclic) bond motifs is 1. The largest absolute Gasteiger partial charge is 0.459 e. The number of carbonyl (C=O) groups is 3. The molecule has 5 N–H and O–H groups in total. The molecule has 0 spiro atoms. The van der Waals surface area contributed by atoms with Crippen LogP contribution in [0.3, 0.4) is 0 Å². The Morgan fingerprint density at radius 2 is 1.54 bits per heavy atom. The van der Waals surface area contributed by atoms with Crippen molar-refractivity contribution in [2.45, 2.75) is 198 Å². The van der Waals surface area contributed by atoms with Crippen molar-refractivity contribution in [2.24, 2.45) is 17.8 Å². The predicted molar refractivity (Wildman–Crippen MR) is 252 cm³/mol. The highest BCUT2D eigenvalue weighted by molar-refractivity contribution is 6.21. The van der Waals surface area contributed by atoms with E-state index in [4.69, 9.17) is 34.8 Å². The Kier molecular flexibility index (Phi) is 18.9. The first-order chi connectivity index (χ1) is 31.8. The number of likely N-dealkylation sites (N-methyl/N-ethyl adjacent to an activating group) is 1. The maximum Gasteiger partial charge on any atom is 0.311 e. The molecule has 1 aromatic rings. The first-order valence-corrected chi connectivity index (χ1v) is 24.5. The minimum atomic E-state index is -1.97. The molecule has 18 atom stereocenters. The summed E-state index contributed by atoms with van der Waals surface area (Å²) in [5.41, 5.74) is -4.09. The lowest BCUT2D eigenvalue weighted by Crippen LogP contribution is -2.60. The number of carbonyl (C=O) groups excluding carboxylic acids is 3. The molecule has 3 saturated heterocycles. The van der Waals surface area contributed by atoms with E-state index in [9.17, 15) is 39.9 Å². The number of nitrogens with zero attached hydrogens (tertiary/aromatic N) is 3. The van der Waals surface area contributed by atoms with Gasteiger partial charge in [-0.15, -0.1) is 12.3 Å². The molecular formula is C51H81N3O14. The first-order valence-electron chi connectivity index (χ1n) is 24.5. The molecule has 1 aromatic carbocycles. The molecule has 0 aliphatic carbocycles. The summed E-state index contributed by atoms with van der Waals surface area (Å²) in [7, 11) is 3.37. The topological polar surface area (TPSA) is 217 Å². The van der Waals surface area contributed by atoms with Crippen molar-refractivity contribution < 1.29 is 68.3 Å². The number of benzene rings is 1. The molecule has 0 saturated carbocycles. The van der Waals surface area contributed by atoms with Gasteiger partial charge in [0.05, 0.1) is 52.7 Å². The van der Waals surface area contributed by atoms with Crippen LogP contribution < -0.4 is 0 Å². The number of aliphatic hydroxyl groups excluding tert-OH is 3. The van der Waals surface area contributed by atoms with Crippen LogP contribution in [0, 0.1) is 30.1 Å². The van der Waals surface area contributed by atoms with Crippen LogP contribution in [0.4, 0.5) is 0 Å². The number of aliphatic hydroxyl groups is 5. The Morgan fingerprint density at radius 3 is 2.13 bits per heavy atom. The van der Waals surface area contributed by atoms with Crippen LogP contribution in [0.1, 0.15) is 128 Å². The van der Waals surface area contributed by atoms with Crippen molar-refractivity contribution >= 4 is 17.8 Å². The molecule has 2 amide bonds. The number of rotatable bonds is 13. The van der Waals surface area contributed by atoms with Crippen LogP contribution in [0.25, 0.3) is 0 Å². The van der Waals surface area contributed by atoms with Crippen molar-refractivity contribution in [3.05, 3.63) is 35.4 Å². The van der Waals surface area contributed by atoms with Gasteiger partial charge in [0.15, 0.2) is 12.6 Å². The van der Waals surface area contributed by atoms with Gasteiger partial charge < -0.3 is 54.0 Å². The van der Waals surface area contributed by atoms with Gasteiger partial charge in [-0.25, -0.2) is 0 Å². The number of esters is 1. The van der Waals surface area contributed by atoms with Crippen molar-refractivity contribution in [1.82, 2.24) is 14.7 Å². The average Bonchev–Trinajstić information content (AvgIpc) is 3.53. The Labute approximate surface area is 403 Å². The van der Waals surface area contributed by atoms with E-state index in [0.717, 1.165) is 0 Å². The smallest absolute Gasteiger partial charge is 0.311 e. The molecule has 0 bridgehead atoms. The lowest BCUT2D eigenvalue weighted by Gasteiger charge is -2.49. The highest BCUT2D eigenvalue weighted by Crippen LogP contribution is 2.40. The maximum atomic E-state index is 14.6. The van der Waals surface area contributed by atoms with Crippen LogP contribution in [0.5, 0.6) is 0 Å². The van der Waals surface area contributed by atoms with Crippen molar-refractivity contribution in [3.8, 4) is 12.3 Å². The molecule has 384 valence electrons. The minimum Gasteiger partial charge on any atom is -0.459 e. The second-order valence-electron chi connectivity index (χ2n) is 20.9. The summed E-state index contributed by atoms with van der Waals surface area (Å²) in [5, 5.41) is 60.4. The predicted octanol–water partition coefficient (Wildman–Crippen LogP) is 3.35. The van der Waals surface area contributed by atoms with E-state index in [0.29, 0.717) is 36.9 Å². The Hall–Kier alpha value is -3.09. The second-order valence-corrected chi connectivity index (χ2v) is 20.9. The molecule has 68 heavy (non-hydrogen) atoms. The fourth-order valence-corrected chi connectivity index (χ4v) is 11.1. The van der Waals surface area contributed by atoms with Crippen LogP contribution in [0.15, 0.2) is 24.3 Å². The van der Waals surface area contributed by atoms with Crippen LogP contribution in [-0.4, -0.2) is 189 Å². The monoisotopic (exact) mass is 960 g/mol. The molecule has 4 aliphatic rings. The summed E-state index contributed by atoms with van der Waals surface area (Å²) in [6.07, 6.45) is -3.32. The fraction of sp³-hybridized carbons (Fsp3) is 0.784. The van der Waals surface area contributed by atoms with E-state index in [-0.39, 0.29) is 62.7 Å². The lowest BCUT2D eigenvalue weighted by molar-refractivity contribution is -0.318. The highest BCUT2D eigenvalue weighted by Gasteiger charge is 2.53. The molecular weight excluding hydrogens is 879 g/mol. The number of imide groups is 1. The SMILES string of the molecule is C#CCCN(C)[C@H]1C[C@@H](C)O[C@@H](O[C@@H]2[C@@H](C)[C@H](O[C@H]3C[C@@](C)(OC)[C@@H](O)[C@H](C)O3)[C@@H](C)C(=O)O[C@H](CC)[C@@](C)(O)[C@H](O)[C@@H](C)N(CCCN3C(=O)c4ccccc4C3=O)C[C@H](C)C[C@@]2(C)O)[C@@H]1O. The number of methoxy groups -OCH3 is 1. The molecule has 0 aromatic heterocycles. The summed E-state index contributed by atoms with van der Waals surface area (Å²) in [6, 6.07) is 5.51. The molecule has 0 unspecified atom stereocenters. The number of terminal acetylenes is 1. The van der Waals surface area contributed by atoms with Crippen LogP contribution in [0.2, 0.25) is 0 Å². The van der Waals surface area contributed by atoms with Gasteiger partial charge in [-0.1, -0.05) is 32.9 Å². The van der Waals surface area contributed by atoms with Gasteiger partial charge in [-0.3, -0.25) is 29.1 Å². The van der Waals surface area contributed by atoms with E-state index < -0.39 is 102 Å². The third-order valence-electron chi connectivity index (χ3n) is 15.3. The number of amides is 2. The molecule has 17 nitrogen and oxygen atoms in total.